The van der Waals surface area contributed by atoms with Crippen LogP contribution in [-0.2, 0) is 11.5 Å². The summed E-state index contributed by atoms with van der Waals surface area (Å²) >= 11 is 0. The van der Waals surface area contributed by atoms with E-state index in [0.29, 0.717) is 12.2 Å². The van der Waals surface area contributed by atoms with E-state index in [1.165, 1.54) is 0 Å². The van der Waals surface area contributed by atoms with Gasteiger partial charge >= 0.3 is 0 Å². The van der Waals surface area contributed by atoms with Crippen LogP contribution in [-0.4, -0.2) is 11.5 Å². The fourth-order valence-electron chi connectivity index (χ4n) is 1.55. The zero-order valence-electron chi connectivity index (χ0n) is 9.84. The number of nitrogens with one attached hydrogen (secondary N) is 2. The lowest BCUT2D eigenvalue weighted by Gasteiger charge is -2.07. The Morgan fingerprint density at radius 2 is 2.11 bits per heavy atom. The summed E-state index contributed by atoms with van der Waals surface area (Å²) in [4.78, 5) is 8.09. The average Bonchev–Trinajstić information content (AvgIpc) is 2.67. The predicted octanol–water partition coefficient (Wildman–Crippen LogP) is 2.46. The van der Waals surface area contributed by atoms with E-state index in [0.717, 1.165) is 17.8 Å². The summed E-state index contributed by atoms with van der Waals surface area (Å²) in [6, 6.07) is 7.51. The van der Waals surface area contributed by atoms with Gasteiger partial charge in [-0.05, 0) is 36.3 Å². The fourth-order valence-corrected chi connectivity index (χ4v) is 1.55. The van der Waals surface area contributed by atoms with Crippen molar-refractivity contribution in [3.8, 4) is 0 Å². The highest BCUT2D eigenvalue weighted by Gasteiger charge is 1.97. The molecule has 0 atom stereocenters. The van der Waals surface area contributed by atoms with E-state index in [1.807, 2.05) is 42.5 Å². The smallest absolute Gasteiger partial charge is 0.122 e. The first-order valence-electron chi connectivity index (χ1n) is 5.67. The van der Waals surface area contributed by atoms with Crippen molar-refractivity contribution < 1.29 is 10.2 Å². The van der Waals surface area contributed by atoms with Gasteiger partial charge in [-0.25, -0.2) is 15.7 Å². The van der Waals surface area contributed by atoms with Gasteiger partial charge in [-0.1, -0.05) is 18.2 Å². The topological polar surface area (TPSA) is 65.9 Å². The molecule has 0 saturated carbocycles. The average molecular weight is 245 g/mol. The maximum atomic E-state index is 8.24. The van der Waals surface area contributed by atoms with E-state index in [-0.39, 0.29) is 0 Å². The molecule has 0 saturated heterocycles. The third-order valence-corrected chi connectivity index (χ3v) is 2.47. The van der Waals surface area contributed by atoms with Crippen molar-refractivity contribution in [1.82, 2.24) is 5.32 Å². The van der Waals surface area contributed by atoms with Crippen LogP contribution in [0.25, 0.3) is 0 Å². The summed E-state index contributed by atoms with van der Waals surface area (Å²) in [5.74, 6) is 0.876. The third-order valence-electron chi connectivity index (χ3n) is 2.47. The number of allylic oxidation sites excluding steroid dienone is 3. The summed E-state index contributed by atoms with van der Waals surface area (Å²) in [7, 11) is 0. The van der Waals surface area contributed by atoms with Gasteiger partial charge in [0.05, 0.1) is 5.69 Å². The molecule has 1 aromatic carbocycles. The molecule has 0 aromatic heterocycles. The van der Waals surface area contributed by atoms with Crippen LogP contribution >= 0.6 is 0 Å². The molecule has 3 N–H and O–H groups in total. The predicted molar refractivity (Wildman–Crippen MR) is 71.0 cm³/mol. The SMILES string of the molecule is OONc1ccc(CNC2=CCC=CC=N2)cc1. The standard InChI is InChI=1S/C13H15N3O2/c17-18-16-12-7-5-11(6-8-12)10-15-13-4-2-1-3-9-14-13/h1,3-9,15-17H,2,10H2. The van der Waals surface area contributed by atoms with Crippen molar-refractivity contribution in [3.05, 3.63) is 53.9 Å². The quantitative estimate of drug-likeness (QED) is 0.550. The molecule has 1 heterocycles. The van der Waals surface area contributed by atoms with Gasteiger partial charge in [-0.15, -0.1) is 4.99 Å². The number of hydrogen-bond acceptors (Lipinski definition) is 5. The zero-order chi connectivity index (χ0) is 12.6. The first-order chi connectivity index (χ1) is 8.88. The Morgan fingerprint density at radius 3 is 2.89 bits per heavy atom. The number of benzene rings is 1. The molecule has 0 fully saturated rings. The van der Waals surface area contributed by atoms with Gasteiger partial charge in [0.25, 0.3) is 0 Å². The van der Waals surface area contributed by atoms with Crippen molar-refractivity contribution >= 4 is 11.9 Å². The van der Waals surface area contributed by atoms with Crippen molar-refractivity contribution in [2.75, 3.05) is 5.48 Å². The molecular formula is C13H15N3O2. The molecule has 1 aliphatic rings. The largest absolute Gasteiger partial charge is 0.366 e. The Hall–Kier alpha value is -2.11. The van der Waals surface area contributed by atoms with Crippen molar-refractivity contribution in [2.45, 2.75) is 13.0 Å². The Morgan fingerprint density at radius 1 is 1.28 bits per heavy atom. The Bertz CT molecular complexity index is 464. The van der Waals surface area contributed by atoms with Crippen LogP contribution in [0.15, 0.2) is 53.3 Å². The minimum Gasteiger partial charge on any atom is -0.366 e. The molecule has 2 rings (SSSR count). The van der Waals surface area contributed by atoms with E-state index in [9.17, 15) is 0 Å². The van der Waals surface area contributed by atoms with Crippen LogP contribution in [0.5, 0.6) is 0 Å². The zero-order valence-corrected chi connectivity index (χ0v) is 9.84. The lowest BCUT2D eigenvalue weighted by molar-refractivity contribution is -0.215. The minimum atomic E-state index is 0.692. The van der Waals surface area contributed by atoms with Crippen LogP contribution < -0.4 is 10.8 Å². The molecular weight excluding hydrogens is 230 g/mol. The normalized spacial score (nSPS) is 13.9. The van der Waals surface area contributed by atoms with Gasteiger partial charge in [0.1, 0.15) is 5.82 Å². The summed E-state index contributed by atoms with van der Waals surface area (Å²) in [6.07, 6.45) is 8.68. The molecule has 0 aliphatic carbocycles. The molecule has 1 aliphatic heterocycles. The van der Waals surface area contributed by atoms with Gasteiger partial charge in [0.15, 0.2) is 0 Å². The van der Waals surface area contributed by atoms with Crippen LogP contribution in [0, 0.1) is 0 Å². The Labute approximate surface area is 105 Å². The van der Waals surface area contributed by atoms with Crippen LogP contribution in [0.2, 0.25) is 0 Å². The van der Waals surface area contributed by atoms with Crippen LogP contribution in [0.3, 0.4) is 0 Å². The molecule has 0 spiro atoms. The van der Waals surface area contributed by atoms with E-state index in [2.05, 4.69) is 20.8 Å². The highest BCUT2D eigenvalue weighted by molar-refractivity contribution is 5.72. The van der Waals surface area contributed by atoms with Gasteiger partial charge in [-0.2, -0.15) is 0 Å². The van der Waals surface area contributed by atoms with Gasteiger partial charge in [0, 0.05) is 12.8 Å². The second-order valence-electron chi connectivity index (χ2n) is 3.78. The van der Waals surface area contributed by atoms with Gasteiger partial charge in [-0.3, -0.25) is 0 Å². The minimum absolute atomic E-state index is 0.692. The van der Waals surface area contributed by atoms with Gasteiger partial charge in [0.2, 0.25) is 0 Å². The molecule has 5 heteroatoms. The Kier molecular flexibility index (Phi) is 4.52. The van der Waals surface area contributed by atoms with Crippen LogP contribution in [0.1, 0.15) is 12.0 Å². The molecule has 1 aromatic rings. The summed E-state index contributed by atoms with van der Waals surface area (Å²) in [6.45, 7) is 0.698. The number of hydrogen-bond donors (Lipinski definition) is 3. The molecule has 94 valence electrons. The highest BCUT2D eigenvalue weighted by atomic mass is 17.2. The first kappa shape index (κ1) is 12.3. The van der Waals surface area contributed by atoms with Crippen molar-refractivity contribution in [2.24, 2.45) is 4.99 Å². The summed E-state index contributed by atoms with van der Waals surface area (Å²) < 4.78 is 0. The molecule has 18 heavy (non-hydrogen) atoms. The number of nitrogens with zero attached hydrogens (tertiary/aromatic N) is 1. The van der Waals surface area contributed by atoms with Crippen molar-refractivity contribution in [3.63, 3.8) is 0 Å². The monoisotopic (exact) mass is 245 g/mol. The molecule has 5 nitrogen and oxygen atoms in total. The second-order valence-corrected chi connectivity index (χ2v) is 3.78. The van der Waals surface area contributed by atoms with Crippen LogP contribution in [0.4, 0.5) is 5.69 Å². The van der Waals surface area contributed by atoms with E-state index in [1.54, 1.807) is 6.21 Å². The number of anilines is 1. The Balaban J connectivity index is 1.88. The first-order valence-corrected chi connectivity index (χ1v) is 5.67. The molecule has 0 bridgehead atoms. The third kappa shape index (κ3) is 3.73. The maximum absolute atomic E-state index is 8.24. The molecule has 0 amide bonds. The van der Waals surface area contributed by atoms with E-state index in [4.69, 9.17) is 5.26 Å². The number of aliphatic imine (C=N–C) groups is 1. The summed E-state index contributed by atoms with van der Waals surface area (Å²) in [5.41, 5.74) is 4.15. The molecule has 0 unspecified atom stereocenters. The lowest BCUT2D eigenvalue weighted by Crippen LogP contribution is -2.11. The molecule has 0 radical (unpaired) electrons. The van der Waals surface area contributed by atoms with E-state index >= 15 is 0 Å². The highest BCUT2D eigenvalue weighted by Crippen LogP contribution is 2.10. The fraction of sp³-hybridized carbons (Fsp3) is 0.154. The lowest BCUT2D eigenvalue weighted by atomic mass is 10.2. The van der Waals surface area contributed by atoms with Gasteiger partial charge < -0.3 is 5.32 Å². The maximum Gasteiger partial charge on any atom is 0.122 e. The summed E-state index contributed by atoms with van der Waals surface area (Å²) in [5, 5.41) is 11.5. The van der Waals surface area contributed by atoms with Crippen molar-refractivity contribution in [1.29, 1.82) is 0 Å². The number of rotatable bonds is 5. The second kappa shape index (κ2) is 6.58. The van der Waals surface area contributed by atoms with E-state index < -0.39 is 0 Å².